The Morgan fingerprint density at radius 3 is 2.40 bits per heavy atom. The Balaban J connectivity index is 3.20. The third-order valence-corrected chi connectivity index (χ3v) is 1.82. The van der Waals surface area contributed by atoms with E-state index in [9.17, 15) is 13.6 Å². The lowest BCUT2D eigenvalue weighted by Gasteiger charge is -2.03. The van der Waals surface area contributed by atoms with Gasteiger partial charge in [-0.25, -0.2) is 13.6 Å². The highest BCUT2D eigenvalue weighted by Crippen LogP contribution is 2.16. The quantitative estimate of drug-likeness (QED) is 0.701. The number of ether oxygens (including phenoxy) is 1. The number of nitriles is 1. The molecular weight excluding hydrogens is 204 g/mol. The van der Waals surface area contributed by atoms with Gasteiger partial charge in [0.05, 0.1) is 25.2 Å². The van der Waals surface area contributed by atoms with Crippen LogP contribution in [0.2, 0.25) is 0 Å². The zero-order valence-electron chi connectivity index (χ0n) is 7.88. The molecule has 0 bridgehead atoms. The topological polar surface area (TPSA) is 50.1 Å². The summed E-state index contributed by atoms with van der Waals surface area (Å²) in [5.41, 5.74) is -0.556. The Morgan fingerprint density at radius 2 is 2.00 bits per heavy atom. The summed E-state index contributed by atoms with van der Waals surface area (Å²) in [6.45, 7) is 0. The summed E-state index contributed by atoms with van der Waals surface area (Å²) in [6.07, 6.45) is -0.376. The van der Waals surface area contributed by atoms with Crippen LogP contribution < -0.4 is 0 Å². The molecule has 0 aromatic heterocycles. The smallest absolute Gasteiger partial charge is 0.338 e. The van der Waals surface area contributed by atoms with E-state index in [4.69, 9.17) is 5.26 Å². The number of nitrogens with zero attached hydrogens (tertiary/aromatic N) is 1. The highest BCUT2D eigenvalue weighted by atomic mass is 19.1. The maximum Gasteiger partial charge on any atom is 0.338 e. The Labute approximate surface area is 84.9 Å². The number of methoxy groups -OCH3 is 1. The standard InChI is InChI=1S/C10H7F2NO2/c1-15-10(14)6-4-8(11)7(2-3-13)9(12)5-6/h4-5H,2H2,1H3. The number of halogens is 2. The van der Waals surface area contributed by atoms with Crippen LogP contribution in [0.25, 0.3) is 0 Å². The van der Waals surface area contributed by atoms with Crippen molar-refractivity contribution in [2.24, 2.45) is 0 Å². The van der Waals surface area contributed by atoms with Crippen LogP contribution in [-0.2, 0) is 11.2 Å². The molecule has 0 fully saturated rings. The first-order chi connectivity index (χ1) is 7.10. The zero-order chi connectivity index (χ0) is 11.4. The van der Waals surface area contributed by atoms with Gasteiger partial charge in [-0.2, -0.15) is 5.26 Å². The number of hydrogen-bond donors (Lipinski definition) is 0. The molecule has 0 radical (unpaired) electrons. The molecule has 0 aliphatic heterocycles. The van der Waals surface area contributed by atoms with Crippen molar-refractivity contribution >= 4 is 5.97 Å². The summed E-state index contributed by atoms with van der Waals surface area (Å²) < 4.78 is 30.7. The van der Waals surface area contributed by atoms with Crippen molar-refractivity contribution in [2.45, 2.75) is 6.42 Å². The van der Waals surface area contributed by atoms with Crippen molar-refractivity contribution in [3.63, 3.8) is 0 Å². The van der Waals surface area contributed by atoms with Gasteiger partial charge < -0.3 is 4.74 Å². The highest BCUT2D eigenvalue weighted by Gasteiger charge is 2.14. The van der Waals surface area contributed by atoms with E-state index in [-0.39, 0.29) is 17.5 Å². The molecule has 0 saturated carbocycles. The first kappa shape index (κ1) is 11.1. The minimum Gasteiger partial charge on any atom is -0.465 e. The molecule has 3 nitrogen and oxygen atoms in total. The fourth-order valence-corrected chi connectivity index (χ4v) is 1.09. The normalized spacial score (nSPS) is 9.47. The van der Waals surface area contributed by atoms with Gasteiger partial charge in [-0.15, -0.1) is 0 Å². The SMILES string of the molecule is COC(=O)c1cc(F)c(CC#N)c(F)c1. The predicted molar refractivity (Wildman–Crippen MR) is 47.0 cm³/mol. The van der Waals surface area contributed by atoms with E-state index in [2.05, 4.69) is 4.74 Å². The largest absolute Gasteiger partial charge is 0.465 e. The number of hydrogen-bond acceptors (Lipinski definition) is 3. The van der Waals surface area contributed by atoms with Gasteiger partial charge in [0, 0.05) is 5.56 Å². The van der Waals surface area contributed by atoms with Crippen LogP contribution in [0.3, 0.4) is 0 Å². The second kappa shape index (κ2) is 4.51. The van der Waals surface area contributed by atoms with Gasteiger partial charge in [0.2, 0.25) is 0 Å². The van der Waals surface area contributed by atoms with Crippen molar-refractivity contribution in [2.75, 3.05) is 7.11 Å². The lowest BCUT2D eigenvalue weighted by Crippen LogP contribution is -2.05. The Kier molecular flexibility index (Phi) is 3.34. The Hall–Kier alpha value is -1.96. The van der Waals surface area contributed by atoms with Gasteiger partial charge in [-0.05, 0) is 12.1 Å². The number of esters is 1. The Morgan fingerprint density at radius 1 is 1.47 bits per heavy atom. The van der Waals surface area contributed by atoms with Crippen LogP contribution in [-0.4, -0.2) is 13.1 Å². The second-order valence-corrected chi connectivity index (χ2v) is 2.74. The molecule has 0 spiro atoms. The van der Waals surface area contributed by atoms with Gasteiger partial charge >= 0.3 is 5.97 Å². The fraction of sp³-hybridized carbons (Fsp3) is 0.200. The van der Waals surface area contributed by atoms with Crippen LogP contribution in [0.15, 0.2) is 12.1 Å². The monoisotopic (exact) mass is 211 g/mol. The van der Waals surface area contributed by atoms with Crippen LogP contribution in [0.5, 0.6) is 0 Å². The molecule has 0 aliphatic carbocycles. The molecule has 0 atom stereocenters. The summed E-state index contributed by atoms with van der Waals surface area (Å²) in [6, 6.07) is 3.33. The fourth-order valence-electron chi connectivity index (χ4n) is 1.09. The van der Waals surface area contributed by atoms with Crippen molar-refractivity contribution in [3.05, 3.63) is 34.9 Å². The van der Waals surface area contributed by atoms with E-state index < -0.39 is 17.6 Å². The molecule has 0 N–H and O–H groups in total. The molecule has 0 unspecified atom stereocenters. The van der Waals surface area contributed by atoms with E-state index in [0.29, 0.717) is 0 Å². The molecule has 0 saturated heterocycles. The van der Waals surface area contributed by atoms with Crippen molar-refractivity contribution in [1.82, 2.24) is 0 Å². The second-order valence-electron chi connectivity index (χ2n) is 2.74. The molecular formula is C10H7F2NO2. The van der Waals surface area contributed by atoms with Crippen molar-refractivity contribution in [3.8, 4) is 6.07 Å². The lowest BCUT2D eigenvalue weighted by molar-refractivity contribution is 0.0599. The average molecular weight is 211 g/mol. The number of carbonyl (C=O) groups is 1. The minimum absolute atomic E-state index is 0.214. The summed E-state index contributed by atoms with van der Waals surface area (Å²) >= 11 is 0. The van der Waals surface area contributed by atoms with E-state index in [1.165, 1.54) is 0 Å². The zero-order valence-corrected chi connectivity index (χ0v) is 7.88. The van der Waals surface area contributed by atoms with Gasteiger partial charge in [0.1, 0.15) is 11.6 Å². The molecule has 1 aromatic rings. The summed E-state index contributed by atoms with van der Waals surface area (Å²) in [5.74, 6) is -2.66. The molecule has 15 heavy (non-hydrogen) atoms. The number of carbonyl (C=O) groups excluding carboxylic acids is 1. The molecule has 1 rings (SSSR count). The Bertz CT molecular complexity index is 415. The average Bonchev–Trinajstić information content (AvgIpc) is 2.22. The number of benzene rings is 1. The molecule has 78 valence electrons. The van der Waals surface area contributed by atoms with E-state index in [1.54, 1.807) is 6.07 Å². The minimum atomic E-state index is -0.919. The predicted octanol–water partition coefficient (Wildman–Crippen LogP) is 1.82. The van der Waals surface area contributed by atoms with E-state index >= 15 is 0 Å². The van der Waals surface area contributed by atoms with E-state index in [1.807, 2.05) is 0 Å². The van der Waals surface area contributed by atoms with Crippen LogP contribution >= 0.6 is 0 Å². The van der Waals surface area contributed by atoms with Gasteiger partial charge in [0.15, 0.2) is 0 Å². The summed E-state index contributed by atoms with van der Waals surface area (Å²) in [7, 11) is 1.11. The maximum absolute atomic E-state index is 13.2. The molecule has 5 heteroatoms. The lowest BCUT2D eigenvalue weighted by atomic mass is 10.1. The summed E-state index contributed by atoms with van der Waals surface area (Å²) in [5, 5.41) is 8.32. The molecule has 0 aliphatic rings. The summed E-state index contributed by atoms with van der Waals surface area (Å²) in [4.78, 5) is 11.0. The van der Waals surface area contributed by atoms with Crippen molar-refractivity contribution < 1.29 is 18.3 Å². The van der Waals surface area contributed by atoms with Crippen LogP contribution in [0, 0.1) is 23.0 Å². The van der Waals surface area contributed by atoms with Crippen LogP contribution in [0.1, 0.15) is 15.9 Å². The first-order valence-corrected chi connectivity index (χ1v) is 4.03. The highest BCUT2D eigenvalue weighted by molar-refractivity contribution is 5.89. The van der Waals surface area contributed by atoms with Gasteiger partial charge in [-0.1, -0.05) is 0 Å². The van der Waals surface area contributed by atoms with Crippen molar-refractivity contribution in [1.29, 1.82) is 5.26 Å². The van der Waals surface area contributed by atoms with E-state index in [0.717, 1.165) is 19.2 Å². The molecule has 1 aromatic carbocycles. The molecule has 0 amide bonds. The third kappa shape index (κ3) is 2.29. The third-order valence-electron chi connectivity index (χ3n) is 1.82. The number of rotatable bonds is 2. The van der Waals surface area contributed by atoms with Gasteiger partial charge in [-0.3, -0.25) is 0 Å². The van der Waals surface area contributed by atoms with Crippen LogP contribution in [0.4, 0.5) is 8.78 Å². The van der Waals surface area contributed by atoms with Gasteiger partial charge in [0.25, 0.3) is 0 Å². The first-order valence-electron chi connectivity index (χ1n) is 4.03. The maximum atomic E-state index is 13.2. The molecule has 0 heterocycles.